The molecule has 0 aliphatic carbocycles. The van der Waals surface area contributed by atoms with Crippen LogP contribution in [0.15, 0.2) is 46.0 Å². The Balaban J connectivity index is 1.54. The maximum atomic E-state index is 12.9. The van der Waals surface area contributed by atoms with Gasteiger partial charge in [-0.3, -0.25) is 4.79 Å². The quantitative estimate of drug-likeness (QED) is 0.791. The number of nitrogens with one attached hydrogen (secondary N) is 1. The first-order chi connectivity index (χ1) is 11.7. The molecule has 1 aromatic heterocycles. The number of halogens is 1. The molecule has 0 unspecified atom stereocenters. The molecule has 24 heavy (non-hydrogen) atoms. The Morgan fingerprint density at radius 1 is 1.25 bits per heavy atom. The maximum Gasteiger partial charge on any atom is 0.230 e. The summed E-state index contributed by atoms with van der Waals surface area (Å²) >= 11 is 3.11. The van der Waals surface area contributed by atoms with E-state index >= 15 is 0 Å². The Morgan fingerprint density at radius 2 is 2.00 bits per heavy atom. The normalized spacial score (nSPS) is 16.7. The predicted octanol–water partition coefficient (Wildman–Crippen LogP) is 3.84. The minimum Gasteiger partial charge on any atom is -0.381 e. The number of ether oxygens (including phenoxy) is 1. The molecule has 1 N–H and O–H groups in total. The molecule has 128 valence electrons. The monoisotopic (exact) mass is 365 g/mol. The summed E-state index contributed by atoms with van der Waals surface area (Å²) in [5, 5.41) is 7.33. The van der Waals surface area contributed by atoms with Gasteiger partial charge in [0.05, 0.1) is 5.75 Å². The van der Waals surface area contributed by atoms with Gasteiger partial charge in [0.1, 0.15) is 5.82 Å². The molecule has 2 aromatic rings. The average Bonchev–Trinajstić information content (AvgIpc) is 3.16. The Labute approximate surface area is 149 Å². The molecule has 6 heteroatoms. The van der Waals surface area contributed by atoms with Gasteiger partial charge in [-0.15, -0.1) is 11.8 Å². The molecule has 1 amide bonds. The third-order valence-electron chi connectivity index (χ3n) is 4.39. The zero-order valence-electron chi connectivity index (χ0n) is 13.3. The van der Waals surface area contributed by atoms with E-state index in [4.69, 9.17) is 4.74 Å². The van der Waals surface area contributed by atoms with Crippen molar-refractivity contribution in [2.45, 2.75) is 23.2 Å². The molecule has 0 radical (unpaired) electrons. The van der Waals surface area contributed by atoms with E-state index in [0.717, 1.165) is 31.0 Å². The van der Waals surface area contributed by atoms with Crippen molar-refractivity contribution in [3.8, 4) is 0 Å². The smallest absolute Gasteiger partial charge is 0.230 e. The van der Waals surface area contributed by atoms with E-state index in [2.05, 4.69) is 22.1 Å². The molecule has 0 atom stereocenters. The molecule has 1 fully saturated rings. The van der Waals surface area contributed by atoms with E-state index in [1.165, 1.54) is 29.5 Å². The molecule has 1 aromatic carbocycles. The number of hydrogen-bond donors (Lipinski definition) is 1. The molecule has 0 bridgehead atoms. The average molecular weight is 365 g/mol. The van der Waals surface area contributed by atoms with Gasteiger partial charge < -0.3 is 10.1 Å². The minimum atomic E-state index is -0.263. The third-order valence-corrected chi connectivity index (χ3v) is 6.09. The van der Waals surface area contributed by atoms with Crippen LogP contribution in [0.2, 0.25) is 0 Å². The first-order valence-corrected chi connectivity index (χ1v) is 9.86. The van der Waals surface area contributed by atoms with Crippen LogP contribution in [0.5, 0.6) is 0 Å². The zero-order valence-corrected chi connectivity index (χ0v) is 14.9. The van der Waals surface area contributed by atoms with Crippen LogP contribution in [0.25, 0.3) is 0 Å². The van der Waals surface area contributed by atoms with Crippen LogP contribution in [-0.2, 0) is 14.9 Å². The van der Waals surface area contributed by atoms with E-state index in [0.29, 0.717) is 12.3 Å². The topological polar surface area (TPSA) is 38.3 Å². The largest absolute Gasteiger partial charge is 0.381 e. The molecule has 1 aliphatic heterocycles. The van der Waals surface area contributed by atoms with Crippen molar-refractivity contribution in [1.29, 1.82) is 0 Å². The van der Waals surface area contributed by atoms with Crippen LogP contribution in [0.4, 0.5) is 4.39 Å². The molecule has 1 saturated heterocycles. The number of rotatable bonds is 6. The van der Waals surface area contributed by atoms with Gasteiger partial charge in [0, 0.05) is 30.1 Å². The molecule has 0 spiro atoms. The van der Waals surface area contributed by atoms with Crippen LogP contribution < -0.4 is 5.32 Å². The van der Waals surface area contributed by atoms with Crippen LogP contribution in [0, 0.1) is 5.82 Å². The summed E-state index contributed by atoms with van der Waals surface area (Å²) in [7, 11) is 0. The standard InChI is InChI=1S/C18H20FNO2S2/c19-15-1-3-16(4-2-15)24-12-17(21)20-13-18(6-8-22-9-7-18)14-5-10-23-11-14/h1-5,10-11H,6-9,12-13H2,(H,20,21). The highest BCUT2D eigenvalue weighted by Crippen LogP contribution is 2.35. The molecule has 1 aliphatic rings. The van der Waals surface area contributed by atoms with Crippen molar-refractivity contribution >= 4 is 29.0 Å². The number of hydrogen-bond acceptors (Lipinski definition) is 4. The van der Waals surface area contributed by atoms with Crippen molar-refractivity contribution in [3.05, 3.63) is 52.5 Å². The Bertz CT molecular complexity index is 652. The lowest BCUT2D eigenvalue weighted by atomic mass is 9.75. The Hall–Kier alpha value is -1.37. The number of thiophene rings is 1. The van der Waals surface area contributed by atoms with Crippen molar-refractivity contribution in [1.82, 2.24) is 5.32 Å². The van der Waals surface area contributed by atoms with Crippen LogP contribution >= 0.6 is 23.1 Å². The second-order valence-electron chi connectivity index (χ2n) is 5.92. The van der Waals surface area contributed by atoms with Crippen molar-refractivity contribution in [2.24, 2.45) is 0 Å². The minimum absolute atomic E-state index is 0.00502. The van der Waals surface area contributed by atoms with Crippen molar-refractivity contribution in [3.63, 3.8) is 0 Å². The second kappa shape index (κ2) is 8.14. The SMILES string of the molecule is O=C(CSc1ccc(F)cc1)NCC1(c2ccsc2)CCOCC1. The van der Waals surface area contributed by atoms with Crippen molar-refractivity contribution in [2.75, 3.05) is 25.5 Å². The predicted molar refractivity (Wildman–Crippen MR) is 96.2 cm³/mol. The summed E-state index contributed by atoms with van der Waals surface area (Å²) < 4.78 is 18.4. The number of carbonyl (C=O) groups is 1. The van der Waals surface area contributed by atoms with Crippen LogP contribution in [-0.4, -0.2) is 31.4 Å². The molecule has 2 heterocycles. The number of carbonyl (C=O) groups excluding carboxylic acids is 1. The summed E-state index contributed by atoms with van der Waals surface area (Å²) in [5.41, 5.74) is 1.27. The molecule has 0 saturated carbocycles. The summed E-state index contributed by atoms with van der Waals surface area (Å²) in [5.74, 6) is 0.0772. The van der Waals surface area contributed by atoms with Gasteiger partial charge in [-0.1, -0.05) is 0 Å². The molecular weight excluding hydrogens is 345 g/mol. The number of benzene rings is 1. The summed E-state index contributed by atoms with van der Waals surface area (Å²) in [6.45, 7) is 2.10. The van der Waals surface area contributed by atoms with E-state index < -0.39 is 0 Å². The highest BCUT2D eigenvalue weighted by Gasteiger charge is 2.35. The van der Waals surface area contributed by atoms with E-state index in [-0.39, 0.29) is 17.1 Å². The van der Waals surface area contributed by atoms with Crippen LogP contribution in [0.3, 0.4) is 0 Å². The first kappa shape index (κ1) is 17.5. The van der Waals surface area contributed by atoms with Gasteiger partial charge in [-0.25, -0.2) is 4.39 Å². The first-order valence-electron chi connectivity index (χ1n) is 7.93. The van der Waals surface area contributed by atoms with Gasteiger partial charge in [-0.2, -0.15) is 11.3 Å². The lowest BCUT2D eigenvalue weighted by Crippen LogP contribution is -2.44. The highest BCUT2D eigenvalue weighted by atomic mass is 32.2. The fraction of sp³-hybridized carbons (Fsp3) is 0.389. The molecule has 3 nitrogen and oxygen atoms in total. The summed E-state index contributed by atoms with van der Waals surface area (Å²) in [4.78, 5) is 13.1. The lowest BCUT2D eigenvalue weighted by Gasteiger charge is -2.37. The second-order valence-corrected chi connectivity index (χ2v) is 7.75. The molecular formula is C18H20FNO2S2. The fourth-order valence-corrected chi connectivity index (χ4v) is 4.40. The fourth-order valence-electron chi connectivity index (χ4n) is 2.89. The Morgan fingerprint density at radius 3 is 2.67 bits per heavy atom. The maximum absolute atomic E-state index is 12.9. The van der Waals surface area contributed by atoms with Crippen molar-refractivity contribution < 1.29 is 13.9 Å². The van der Waals surface area contributed by atoms with Gasteiger partial charge in [0.2, 0.25) is 5.91 Å². The van der Waals surface area contributed by atoms with Crippen LogP contribution in [0.1, 0.15) is 18.4 Å². The lowest BCUT2D eigenvalue weighted by molar-refractivity contribution is -0.119. The van der Waals surface area contributed by atoms with Gasteiger partial charge in [0.15, 0.2) is 0 Å². The van der Waals surface area contributed by atoms with E-state index in [9.17, 15) is 9.18 Å². The van der Waals surface area contributed by atoms with Gasteiger partial charge in [-0.05, 0) is 59.5 Å². The van der Waals surface area contributed by atoms with E-state index in [1.807, 2.05) is 0 Å². The molecule has 3 rings (SSSR count). The number of amides is 1. The third kappa shape index (κ3) is 4.37. The summed E-state index contributed by atoms with van der Waals surface area (Å²) in [6.07, 6.45) is 1.85. The number of thioether (sulfide) groups is 1. The van der Waals surface area contributed by atoms with E-state index in [1.54, 1.807) is 23.5 Å². The van der Waals surface area contributed by atoms with Gasteiger partial charge >= 0.3 is 0 Å². The zero-order chi connectivity index (χ0) is 16.8. The Kier molecular flexibility index (Phi) is 5.92. The van der Waals surface area contributed by atoms with Gasteiger partial charge in [0.25, 0.3) is 0 Å². The summed E-state index contributed by atoms with van der Waals surface area (Å²) in [6, 6.07) is 8.36. The highest BCUT2D eigenvalue weighted by molar-refractivity contribution is 8.00.